The third-order valence-corrected chi connectivity index (χ3v) is 5.73. The van der Waals surface area contributed by atoms with Crippen LogP contribution in [0.15, 0.2) is 24.3 Å². The van der Waals surface area contributed by atoms with Crippen LogP contribution < -0.4 is 4.74 Å². The van der Waals surface area contributed by atoms with Gasteiger partial charge in [0.1, 0.15) is 0 Å². The van der Waals surface area contributed by atoms with E-state index in [1.165, 1.54) is 5.56 Å². The third kappa shape index (κ3) is 3.10. The normalized spacial score (nSPS) is 20.1. The number of carbonyl (C=O) groups is 1. The van der Waals surface area contributed by atoms with Crippen LogP contribution in [0.5, 0.6) is 5.75 Å². The summed E-state index contributed by atoms with van der Waals surface area (Å²) in [7, 11) is 1.68. The van der Waals surface area contributed by atoms with Gasteiger partial charge in [0, 0.05) is 0 Å². The van der Waals surface area contributed by atoms with Crippen LogP contribution in [-0.4, -0.2) is 27.8 Å². The van der Waals surface area contributed by atoms with Gasteiger partial charge in [-0.3, -0.25) is 0 Å². The monoisotopic (exact) mass is 284 g/mol. The Kier molecular flexibility index (Phi) is 4.03. The summed E-state index contributed by atoms with van der Waals surface area (Å²) >= 11 is 0.570. The van der Waals surface area contributed by atoms with Crippen LogP contribution >= 0.6 is 0 Å². The molecule has 2 nitrogen and oxygen atoms in total. The van der Waals surface area contributed by atoms with E-state index in [1.54, 1.807) is 7.11 Å². The molecule has 0 radical (unpaired) electrons. The average Bonchev–Trinajstić information content (AvgIpc) is 2.73. The van der Waals surface area contributed by atoms with E-state index >= 15 is 0 Å². The number of hydrogen-bond acceptors (Lipinski definition) is 2. The number of carbonyl (C=O) groups excluding carboxylic acids is 1. The molecule has 1 atom stereocenters. The fourth-order valence-electron chi connectivity index (χ4n) is 1.86. The second kappa shape index (κ2) is 5.51. The zero-order chi connectivity index (χ0) is 11.4. The van der Waals surface area contributed by atoms with Crippen LogP contribution in [0.1, 0.15) is 24.8 Å². The molecule has 0 spiro atoms. The first-order valence-electron chi connectivity index (χ1n) is 5.54. The molecule has 1 aliphatic rings. The molecule has 0 saturated heterocycles. The van der Waals surface area contributed by atoms with E-state index in [1.807, 2.05) is 12.1 Å². The Labute approximate surface area is 103 Å². The molecule has 0 amide bonds. The Bertz CT molecular complexity index is 359. The van der Waals surface area contributed by atoms with Gasteiger partial charge in [0.2, 0.25) is 0 Å². The minimum absolute atomic E-state index is 0.460. The van der Waals surface area contributed by atoms with Crippen LogP contribution in [0.4, 0.5) is 0 Å². The maximum atomic E-state index is 11.1. The summed E-state index contributed by atoms with van der Waals surface area (Å²) in [6, 6.07) is 8.26. The minimum atomic E-state index is 0.460. The molecule has 86 valence electrons. The van der Waals surface area contributed by atoms with Gasteiger partial charge in [-0.15, -0.1) is 0 Å². The third-order valence-electron chi connectivity index (χ3n) is 2.85. The number of ether oxygens (including phenoxy) is 1. The number of rotatable bonds is 4. The van der Waals surface area contributed by atoms with Crippen LogP contribution in [0, 0.1) is 0 Å². The quantitative estimate of drug-likeness (QED) is 0.793. The predicted molar refractivity (Wildman–Crippen MR) is 65.1 cm³/mol. The molecule has 1 saturated carbocycles. The van der Waals surface area contributed by atoms with Gasteiger partial charge in [-0.2, -0.15) is 0 Å². The van der Waals surface area contributed by atoms with Crippen LogP contribution in [0.2, 0.25) is 4.82 Å². The van der Waals surface area contributed by atoms with Gasteiger partial charge < -0.3 is 0 Å². The van der Waals surface area contributed by atoms with Gasteiger partial charge in [0.25, 0.3) is 0 Å². The van der Waals surface area contributed by atoms with E-state index in [2.05, 4.69) is 12.1 Å². The van der Waals surface area contributed by atoms with Gasteiger partial charge >= 0.3 is 102 Å². The molecule has 0 bridgehead atoms. The van der Waals surface area contributed by atoms with Crippen molar-refractivity contribution in [1.82, 2.24) is 0 Å². The van der Waals surface area contributed by atoms with E-state index in [0.29, 0.717) is 25.6 Å². The van der Waals surface area contributed by atoms with E-state index in [0.717, 1.165) is 30.3 Å². The zero-order valence-electron chi connectivity index (χ0n) is 9.44. The number of methoxy groups -OCH3 is 1. The number of hydrogen-bond donors (Lipinski definition) is 0. The van der Waals surface area contributed by atoms with E-state index in [-0.39, 0.29) is 0 Å². The predicted octanol–water partition coefficient (Wildman–Crippen LogP) is 2.44. The topological polar surface area (TPSA) is 26.3 Å². The Balaban J connectivity index is 1.82. The van der Waals surface area contributed by atoms with Gasteiger partial charge in [-0.05, 0) is 0 Å². The molecular formula is C13H16O2Se. The molecule has 0 heterocycles. The second-order valence-electron chi connectivity index (χ2n) is 4.06. The Morgan fingerprint density at radius 2 is 2.12 bits per heavy atom. The SMILES string of the molecule is COc1ccc(C[Se]C2CCC(=O)C2)cc1. The summed E-state index contributed by atoms with van der Waals surface area (Å²) in [5.41, 5.74) is 1.36. The van der Waals surface area contributed by atoms with Crippen LogP contribution in [0.25, 0.3) is 0 Å². The van der Waals surface area contributed by atoms with Crippen molar-refractivity contribution in [2.24, 2.45) is 0 Å². The molecular weight excluding hydrogens is 267 g/mol. The summed E-state index contributed by atoms with van der Waals surface area (Å²) in [5.74, 6) is 1.37. The van der Waals surface area contributed by atoms with E-state index < -0.39 is 0 Å². The summed E-state index contributed by atoms with van der Waals surface area (Å²) in [6.07, 6.45) is 2.76. The Morgan fingerprint density at radius 1 is 1.38 bits per heavy atom. The molecule has 2 rings (SSSR count). The first-order chi connectivity index (χ1) is 7.78. The molecule has 0 N–H and O–H groups in total. The van der Waals surface area contributed by atoms with Crippen LogP contribution in [0.3, 0.4) is 0 Å². The molecule has 1 aromatic rings. The number of Topliss-reactive ketones (excluding diaryl/α,β-unsaturated/α-hetero) is 1. The molecule has 0 aliphatic heterocycles. The molecule has 1 unspecified atom stereocenters. The zero-order valence-corrected chi connectivity index (χ0v) is 11.2. The van der Waals surface area contributed by atoms with E-state index in [9.17, 15) is 4.79 Å². The number of benzene rings is 1. The van der Waals surface area contributed by atoms with Crippen molar-refractivity contribution in [3.05, 3.63) is 29.8 Å². The van der Waals surface area contributed by atoms with Crippen LogP contribution in [-0.2, 0) is 10.1 Å². The van der Waals surface area contributed by atoms with Gasteiger partial charge in [-0.1, -0.05) is 0 Å². The first-order valence-corrected chi connectivity index (χ1v) is 7.74. The molecule has 0 aromatic heterocycles. The maximum absolute atomic E-state index is 11.1. The molecule has 3 heteroatoms. The van der Waals surface area contributed by atoms with Crippen molar-refractivity contribution in [3.8, 4) is 5.75 Å². The van der Waals surface area contributed by atoms with Crippen molar-refractivity contribution >= 4 is 20.7 Å². The molecule has 1 aromatic carbocycles. The fraction of sp³-hybridized carbons (Fsp3) is 0.462. The molecule has 16 heavy (non-hydrogen) atoms. The van der Waals surface area contributed by atoms with Crippen molar-refractivity contribution in [2.75, 3.05) is 7.11 Å². The molecule has 1 aliphatic carbocycles. The number of ketones is 1. The summed E-state index contributed by atoms with van der Waals surface area (Å²) in [6.45, 7) is 0. The molecule has 1 fully saturated rings. The summed E-state index contributed by atoms with van der Waals surface area (Å²) < 4.78 is 5.12. The van der Waals surface area contributed by atoms with Crippen molar-refractivity contribution in [3.63, 3.8) is 0 Å². The fourth-order valence-corrected chi connectivity index (χ4v) is 4.39. The Morgan fingerprint density at radius 3 is 2.69 bits per heavy atom. The van der Waals surface area contributed by atoms with Gasteiger partial charge in [0.15, 0.2) is 0 Å². The van der Waals surface area contributed by atoms with Crippen molar-refractivity contribution < 1.29 is 9.53 Å². The average molecular weight is 283 g/mol. The summed E-state index contributed by atoms with van der Waals surface area (Å²) in [4.78, 5) is 11.8. The summed E-state index contributed by atoms with van der Waals surface area (Å²) in [5, 5.41) is 1.13. The Hall–Kier alpha value is -0.791. The van der Waals surface area contributed by atoms with Gasteiger partial charge in [-0.25, -0.2) is 0 Å². The first kappa shape index (κ1) is 11.7. The standard InChI is InChI=1S/C13H16O2Se/c1-15-12-5-2-10(3-6-12)9-16-13-7-4-11(14)8-13/h2-3,5-6,13H,4,7-9H2,1H3. The van der Waals surface area contributed by atoms with Crippen molar-refractivity contribution in [2.45, 2.75) is 29.4 Å². The van der Waals surface area contributed by atoms with Crippen molar-refractivity contribution in [1.29, 1.82) is 0 Å². The van der Waals surface area contributed by atoms with Gasteiger partial charge in [0.05, 0.1) is 0 Å². The van der Waals surface area contributed by atoms with E-state index in [4.69, 9.17) is 4.74 Å². The second-order valence-corrected chi connectivity index (χ2v) is 6.77.